The highest BCUT2D eigenvalue weighted by molar-refractivity contribution is 5.76. The van der Waals surface area contributed by atoms with Gasteiger partial charge in [0.15, 0.2) is 0 Å². The third kappa shape index (κ3) is 3.48. The predicted octanol–water partition coefficient (Wildman–Crippen LogP) is 0.838. The minimum absolute atomic E-state index is 0.150. The van der Waals surface area contributed by atoms with Crippen molar-refractivity contribution in [2.24, 2.45) is 0 Å². The number of aryl methyl sites for hydroxylation is 1. The van der Waals surface area contributed by atoms with E-state index in [0.29, 0.717) is 24.6 Å². The molecule has 0 aromatic carbocycles. The summed E-state index contributed by atoms with van der Waals surface area (Å²) < 4.78 is 5.60. The highest BCUT2D eigenvalue weighted by Crippen LogP contribution is 2.17. The lowest BCUT2D eigenvalue weighted by molar-refractivity contribution is -0.132. The van der Waals surface area contributed by atoms with Crippen molar-refractivity contribution in [1.29, 1.82) is 0 Å². The Morgan fingerprint density at radius 2 is 1.91 bits per heavy atom. The van der Waals surface area contributed by atoms with Crippen LogP contribution in [0, 0.1) is 0 Å². The van der Waals surface area contributed by atoms with E-state index in [4.69, 9.17) is 4.42 Å². The van der Waals surface area contributed by atoms with Crippen LogP contribution in [0.5, 0.6) is 0 Å². The third-order valence-corrected chi connectivity index (χ3v) is 3.80. The summed E-state index contributed by atoms with van der Waals surface area (Å²) in [4.78, 5) is 20.2. The molecule has 0 spiro atoms. The van der Waals surface area contributed by atoms with E-state index < -0.39 is 0 Å². The van der Waals surface area contributed by atoms with Crippen LogP contribution < -0.4 is 0 Å². The maximum Gasteiger partial charge on any atom is 0.247 e. The Balaban J connectivity index is 1.54. The van der Waals surface area contributed by atoms with E-state index in [9.17, 15) is 4.79 Å². The molecule has 2 aromatic rings. The van der Waals surface area contributed by atoms with Crippen LogP contribution >= 0.6 is 0 Å². The first-order chi connectivity index (χ1) is 10.7. The van der Waals surface area contributed by atoms with Gasteiger partial charge in [0.2, 0.25) is 17.7 Å². The van der Waals surface area contributed by atoms with E-state index in [-0.39, 0.29) is 5.91 Å². The van der Waals surface area contributed by atoms with Crippen molar-refractivity contribution in [2.75, 3.05) is 33.2 Å². The summed E-state index contributed by atoms with van der Waals surface area (Å²) in [6, 6.07) is 3.62. The predicted molar refractivity (Wildman–Crippen MR) is 79.9 cm³/mol. The van der Waals surface area contributed by atoms with Crippen LogP contribution in [0.2, 0.25) is 0 Å². The number of hydrogen-bond donors (Lipinski definition) is 0. The average molecular weight is 301 g/mol. The normalized spacial score (nSPS) is 16.0. The number of rotatable bonds is 4. The van der Waals surface area contributed by atoms with Crippen molar-refractivity contribution in [2.45, 2.75) is 12.8 Å². The summed E-state index contributed by atoms with van der Waals surface area (Å²) in [5.74, 6) is 1.11. The van der Waals surface area contributed by atoms with Gasteiger partial charge in [0.1, 0.15) is 0 Å². The zero-order valence-electron chi connectivity index (χ0n) is 12.6. The highest BCUT2D eigenvalue weighted by atomic mass is 16.4. The van der Waals surface area contributed by atoms with E-state index >= 15 is 0 Å². The molecule has 1 fully saturated rings. The zero-order chi connectivity index (χ0) is 15.4. The van der Waals surface area contributed by atoms with Crippen molar-refractivity contribution in [3.05, 3.63) is 30.4 Å². The molecule has 116 valence electrons. The molecule has 7 heteroatoms. The van der Waals surface area contributed by atoms with Crippen LogP contribution in [0.3, 0.4) is 0 Å². The van der Waals surface area contributed by atoms with Crippen LogP contribution in [0.15, 0.2) is 28.9 Å². The minimum atomic E-state index is 0.150. The molecule has 0 bridgehead atoms. The maximum atomic E-state index is 12.2. The van der Waals surface area contributed by atoms with Crippen LogP contribution in [0.1, 0.15) is 12.3 Å². The molecular weight excluding hydrogens is 282 g/mol. The van der Waals surface area contributed by atoms with E-state index in [0.717, 1.165) is 31.7 Å². The Hall–Kier alpha value is -2.28. The summed E-state index contributed by atoms with van der Waals surface area (Å²) in [5, 5.41) is 8.02. The second kappa shape index (κ2) is 6.65. The van der Waals surface area contributed by atoms with E-state index in [1.54, 1.807) is 12.4 Å². The van der Waals surface area contributed by atoms with Gasteiger partial charge in [0.25, 0.3) is 0 Å². The fourth-order valence-electron chi connectivity index (χ4n) is 2.39. The van der Waals surface area contributed by atoms with Gasteiger partial charge in [-0.2, -0.15) is 0 Å². The number of carbonyl (C=O) groups is 1. The van der Waals surface area contributed by atoms with Gasteiger partial charge in [-0.3, -0.25) is 9.78 Å². The molecular formula is C15H19N5O2. The maximum absolute atomic E-state index is 12.2. The average Bonchev–Trinajstić information content (AvgIpc) is 3.03. The molecule has 3 rings (SSSR count). The van der Waals surface area contributed by atoms with Crippen molar-refractivity contribution < 1.29 is 9.21 Å². The zero-order valence-corrected chi connectivity index (χ0v) is 12.6. The van der Waals surface area contributed by atoms with Crippen LogP contribution in [0.4, 0.5) is 0 Å². The number of nitrogens with zero attached hydrogens (tertiary/aromatic N) is 5. The quantitative estimate of drug-likeness (QED) is 0.833. The Kier molecular flexibility index (Phi) is 4.43. The van der Waals surface area contributed by atoms with Crippen LogP contribution in [-0.2, 0) is 11.2 Å². The van der Waals surface area contributed by atoms with Gasteiger partial charge in [-0.25, -0.2) is 0 Å². The number of pyridine rings is 1. The third-order valence-electron chi connectivity index (χ3n) is 3.80. The molecule has 0 unspecified atom stereocenters. The van der Waals surface area contributed by atoms with Crippen molar-refractivity contribution in [1.82, 2.24) is 25.0 Å². The van der Waals surface area contributed by atoms with Gasteiger partial charge in [0, 0.05) is 57.0 Å². The first-order valence-corrected chi connectivity index (χ1v) is 7.41. The molecule has 1 amide bonds. The number of carbonyl (C=O) groups excluding carboxylic acids is 1. The molecule has 1 aliphatic heterocycles. The van der Waals surface area contributed by atoms with Crippen LogP contribution in [0.25, 0.3) is 11.5 Å². The molecule has 22 heavy (non-hydrogen) atoms. The Morgan fingerprint density at radius 3 is 2.64 bits per heavy atom. The van der Waals surface area contributed by atoms with Gasteiger partial charge in [-0.05, 0) is 19.2 Å². The van der Waals surface area contributed by atoms with Crippen molar-refractivity contribution in [3.8, 4) is 11.5 Å². The lowest BCUT2D eigenvalue weighted by Gasteiger charge is -2.32. The topological polar surface area (TPSA) is 75.4 Å². The minimum Gasteiger partial charge on any atom is -0.421 e. The van der Waals surface area contributed by atoms with Gasteiger partial charge < -0.3 is 14.2 Å². The molecule has 3 heterocycles. The lowest BCUT2D eigenvalue weighted by Crippen LogP contribution is -2.47. The van der Waals surface area contributed by atoms with Crippen molar-refractivity contribution >= 4 is 5.91 Å². The van der Waals surface area contributed by atoms with Gasteiger partial charge >= 0.3 is 0 Å². The molecule has 0 saturated carbocycles. The SMILES string of the molecule is CN1CCN(C(=O)CCc2nnc(-c3ccncc3)o2)CC1. The van der Waals surface area contributed by atoms with Gasteiger partial charge in [0.05, 0.1) is 0 Å². The van der Waals surface area contributed by atoms with Crippen LogP contribution in [-0.4, -0.2) is 64.1 Å². The summed E-state index contributed by atoms with van der Waals surface area (Å²) in [7, 11) is 2.07. The molecule has 0 N–H and O–H groups in total. The number of likely N-dealkylation sites (N-methyl/N-ethyl adjacent to an activating group) is 1. The first-order valence-electron chi connectivity index (χ1n) is 7.41. The lowest BCUT2D eigenvalue weighted by atomic mass is 10.2. The van der Waals surface area contributed by atoms with Crippen molar-refractivity contribution in [3.63, 3.8) is 0 Å². The Labute approximate surface area is 129 Å². The molecule has 1 aliphatic rings. The molecule has 0 atom stereocenters. The molecule has 2 aromatic heterocycles. The summed E-state index contributed by atoms with van der Waals surface area (Å²) in [5.41, 5.74) is 0.833. The van der Waals surface area contributed by atoms with Gasteiger partial charge in [-0.1, -0.05) is 0 Å². The summed E-state index contributed by atoms with van der Waals surface area (Å²) in [6.07, 6.45) is 4.23. The summed E-state index contributed by atoms with van der Waals surface area (Å²) >= 11 is 0. The van der Waals surface area contributed by atoms with E-state index in [1.165, 1.54) is 0 Å². The number of aromatic nitrogens is 3. The second-order valence-electron chi connectivity index (χ2n) is 5.42. The fraction of sp³-hybridized carbons (Fsp3) is 0.467. The Morgan fingerprint density at radius 1 is 1.18 bits per heavy atom. The second-order valence-corrected chi connectivity index (χ2v) is 5.42. The molecule has 0 aliphatic carbocycles. The molecule has 0 radical (unpaired) electrons. The van der Waals surface area contributed by atoms with E-state index in [2.05, 4.69) is 27.1 Å². The monoisotopic (exact) mass is 301 g/mol. The fourth-order valence-corrected chi connectivity index (χ4v) is 2.39. The number of amides is 1. The summed E-state index contributed by atoms with van der Waals surface area (Å²) in [6.45, 7) is 3.44. The van der Waals surface area contributed by atoms with E-state index in [1.807, 2.05) is 17.0 Å². The standard InChI is InChI=1S/C15H19N5O2/c1-19-8-10-20(11-9-19)14(21)3-2-13-17-18-15(22-13)12-4-6-16-7-5-12/h4-7H,2-3,8-11H2,1H3. The van der Waals surface area contributed by atoms with Gasteiger partial charge in [-0.15, -0.1) is 10.2 Å². The molecule has 1 saturated heterocycles. The smallest absolute Gasteiger partial charge is 0.247 e. The largest absolute Gasteiger partial charge is 0.421 e. The highest BCUT2D eigenvalue weighted by Gasteiger charge is 2.19. The number of piperazine rings is 1. The number of hydrogen-bond acceptors (Lipinski definition) is 6. The Bertz CT molecular complexity index is 620. The first kappa shape index (κ1) is 14.6. The molecule has 7 nitrogen and oxygen atoms in total.